The van der Waals surface area contributed by atoms with Crippen LogP contribution in [0.5, 0.6) is 0 Å². The maximum absolute atomic E-state index is 11.8. The number of aromatic amines is 3. The van der Waals surface area contributed by atoms with Gasteiger partial charge in [0.05, 0.1) is 15.4 Å². The predicted molar refractivity (Wildman–Crippen MR) is 582 cm³/mol. The molecule has 0 saturated carbocycles. The number of halogens is 2. The quantitative estimate of drug-likeness (QED) is 0.0184. The van der Waals surface area contributed by atoms with Crippen molar-refractivity contribution in [2.24, 2.45) is 32.5 Å². The van der Waals surface area contributed by atoms with Crippen molar-refractivity contribution in [1.82, 2.24) is 15.0 Å². The summed E-state index contributed by atoms with van der Waals surface area (Å²) in [4.78, 5) is 74.7. The molecular formula is C115H165Cl2LiN10O8. The van der Waals surface area contributed by atoms with Gasteiger partial charge in [-0.25, -0.2) is 0 Å². The summed E-state index contributed by atoms with van der Waals surface area (Å²) in [7, 11) is 0. The summed E-state index contributed by atoms with van der Waals surface area (Å²) in [5.74, 6) is 0.596. The number of aryl methyl sites for hydroxylation is 4. The van der Waals surface area contributed by atoms with Crippen LogP contribution in [0.3, 0.4) is 0 Å². The normalized spacial score (nSPS) is 13.0. The molecule has 5 heterocycles. The number of rotatable bonds is 7. The van der Waals surface area contributed by atoms with Crippen LogP contribution in [0.25, 0.3) is 32.7 Å². The molecule has 14 rings (SSSR count). The fourth-order valence-electron chi connectivity index (χ4n) is 12.1. The number of nitrogens with one attached hydrogen (secondary N) is 5. The molecule has 738 valence electrons. The second-order valence-corrected chi connectivity index (χ2v) is 44.4. The Bertz CT molecular complexity index is 5540. The molecule has 0 aliphatic carbocycles. The molecule has 3 aromatic heterocycles. The van der Waals surface area contributed by atoms with Crippen molar-refractivity contribution < 1.29 is 50.9 Å². The number of fused-ring (bicyclic) bond motifs is 5. The molecule has 12 aromatic rings. The molecule has 9 aromatic carbocycles. The van der Waals surface area contributed by atoms with Gasteiger partial charge in [-0.05, 0) is 191 Å². The summed E-state index contributed by atoms with van der Waals surface area (Å²) < 4.78 is 10.0. The first-order valence-corrected chi connectivity index (χ1v) is 47.0. The molecular weight excluding hydrogens is 1730 g/mol. The number of nitro groups is 2. The molecule has 0 radical (unpaired) electrons. The van der Waals surface area contributed by atoms with Gasteiger partial charge in [-0.15, -0.1) is 0 Å². The van der Waals surface area contributed by atoms with Crippen LogP contribution in [0.15, 0.2) is 218 Å². The summed E-state index contributed by atoms with van der Waals surface area (Å²) in [5, 5.41) is 31.2. The number of non-ortho nitro benzene ring substituents is 2. The Labute approximate surface area is 841 Å². The number of benzene rings is 9. The van der Waals surface area contributed by atoms with Gasteiger partial charge >= 0.3 is 18.9 Å². The van der Waals surface area contributed by atoms with E-state index in [-0.39, 0.29) is 101 Å². The van der Waals surface area contributed by atoms with E-state index in [4.69, 9.17) is 43.4 Å². The van der Waals surface area contributed by atoms with Crippen molar-refractivity contribution in [2.75, 3.05) is 27.8 Å². The van der Waals surface area contributed by atoms with Crippen LogP contribution >= 0.6 is 23.2 Å². The number of ketones is 2. The first-order valence-electron chi connectivity index (χ1n) is 47.2. The Kier molecular flexibility index (Phi) is 48.5. The van der Waals surface area contributed by atoms with E-state index in [0.29, 0.717) is 41.9 Å². The predicted octanol–water partition coefficient (Wildman–Crippen LogP) is 28.5. The maximum atomic E-state index is 11.8. The zero-order valence-corrected chi connectivity index (χ0v) is 89.0. The smallest absolute Gasteiger partial charge is 0.399 e. The number of nitrogens with two attached hydrogens (primary N) is 3. The number of hydrogen-bond donors (Lipinski definition) is 8. The van der Waals surface area contributed by atoms with Crippen molar-refractivity contribution in [3.05, 3.63) is 307 Å². The number of nitrogen functional groups attached to an aromatic ring is 3. The van der Waals surface area contributed by atoms with E-state index < -0.39 is 0 Å². The average molecular weight is 1900 g/mol. The summed E-state index contributed by atoms with van der Waals surface area (Å²) in [6.45, 7) is 69.2. The molecule has 2 aliphatic heterocycles. The van der Waals surface area contributed by atoms with Crippen LogP contribution < -0.4 is 46.7 Å². The van der Waals surface area contributed by atoms with Gasteiger partial charge in [0.15, 0.2) is 0 Å². The first kappa shape index (κ1) is 121. The van der Waals surface area contributed by atoms with Gasteiger partial charge in [0.2, 0.25) is 10.5 Å². The van der Waals surface area contributed by atoms with Crippen molar-refractivity contribution in [2.45, 2.75) is 296 Å². The van der Waals surface area contributed by atoms with Crippen molar-refractivity contribution in [3.63, 3.8) is 0 Å². The van der Waals surface area contributed by atoms with Crippen LogP contribution in [0.2, 0.25) is 0 Å². The van der Waals surface area contributed by atoms with Crippen LogP contribution in [-0.4, -0.2) is 58.9 Å². The van der Waals surface area contributed by atoms with Gasteiger partial charge in [0.25, 0.3) is 11.4 Å². The Morgan fingerprint density at radius 1 is 0.397 bits per heavy atom. The van der Waals surface area contributed by atoms with Gasteiger partial charge in [0.1, 0.15) is 11.6 Å². The second kappa shape index (κ2) is 54.4. The second-order valence-electron chi connectivity index (χ2n) is 43.7. The minimum Gasteiger partial charge on any atom is -0.399 e. The Hall–Kier alpha value is -10.7. The van der Waals surface area contributed by atoms with Crippen molar-refractivity contribution in [3.8, 4) is 0 Å². The van der Waals surface area contributed by atoms with Crippen LogP contribution in [-0.2, 0) is 61.1 Å². The number of unbranched alkanes of at least 4 members (excludes halogenated alkanes) is 1. The van der Waals surface area contributed by atoms with Crippen LogP contribution in [0.1, 0.15) is 279 Å². The summed E-state index contributed by atoms with van der Waals surface area (Å²) in [6, 6.07) is 72.0. The number of Topliss-reactive ketones (excluding diaryl/α,β-unsaturated/α-hetero) is 2. The van der Waals surface area contributed by atoms with E-state index in [1.807, 2.05) is 191 Å². The molecule has 2 atom stereocenters. The molecule has 2 aliphatic rings. The Morgan fingerprint density at radius 3 is 1.02 bits per heavy atom. The van der Waals surface area contributed by atoms with Crippen molar-refractivity contribution in [1.29, 1.82) is 0 Å². The average Bonchev–Trinajstić information content (AvgIpc) is 1.67. The number of hydrogen-bond acceptors (Lipinski definition) is 13. The summed E-state index contributed by atoms with van der Waals surface area (Å²) >= 11 is 10.2. The van der Waals surface area contributed by atoms with Gasteiger partial charge in [-0.2, -0.15) is 6.42 Å². The largest absolute Gasteiger partial charge is 1.00 e. The minimum atomic E-state index is -0.378. The third-order valence-electron chi connectivity index (χ3n) is 22.1. The van der Waals surface area contributed by atoms with Gasteiger partial charge in [-0.3, -0.25) is 39.4 Å². The molecule has 21 heteroatoms. The molecule has 0 saturated heterocycles. The SMILES string of the molecule is C.CC(C)(C)C(=O)Cl.CC(C)(C)C(=O)Cl.CC(C)(C)C1Cc2ccc([N+](=O)[O-])cc2N1.CC(C)(C)C1Cc2ccccc2N1.CC(C)(C)c1cc2ccc(N)cc2[nH]1.CC(C)(C)c1cc2ccc([N+](=O)[O-])cc2[nH]1.CC(C)(C)c1cc2ccccc2[nH]1.Cc1ccccc1CC(=O)C(C)(C)C.Cc1ccccc1CC(=O)C(C)(C)C.Cc1ccccc1N.Cc1ccccc1N.[2H][2H].[CH2-]CCC.[Li+]. The molecule has 18 nitrogen and oxygen atoms in total. The number of carbonyl (C=O) groups is 4. The first-order chi connectivity index (χ1) is 62.6. The Balaban J connectivity index is 0.00000150. The van der Waals surface area contributed by atoms with E-state index in [0.717, 1.165) is 80.0 Å². The molecule has 0 amide bonds. The monoisotopic (exact) mass is 1890 g/mol. The minimum absolute atomic E-state index is 0. The molecule has 2 unspecified atom stereocenters. The number of H-pyrrole nitrogens is 3. The van der Waals surface area contributed by atoms with Crippen LogP contribution in [0.4, 0.5) is 39.8 Å². The van der Waals surface area contributed by atoms with E-state index in [1.165, 1.54) is 74.5 Å². The number of carbonyl (C=O) groups excluding carboxylic acids is 4. The number of para-hydroxylation sites is 4. The van der Waals surface area contributed by atoms with E-state index in [2.05, 4.69) is 210 Å². The molecule has 0 fully saturated rings. The Morgan fingerprint density at radius 2 is 0.699 bits per heavy atom. The topological polar surface area (TPSA) is 304 Å². The number of aromatic nitrogens is 3. The fraction of sp³-hybridized carbons (Fsp3) is 0.435. The third-order valence-corrected chi connectivity index (χ3v) is 23.3. The summed E-state index contributed by atoms with van der Waals surface area (Å²) in [6.07, 6.45) is 5.49. The zero-order chi connectivity index (χ0) is 104. The number of nitro benzene ring substituents is 2. The molecule has 0 bridgehead atoms. The fourth-order valence-corrected chi connectivity index (χ4v) is 12.1. The van der Waals surface area contributed by atoms with Gasteiger partial charge in [0, 0.05) is 152 Å². The van der Waals surface area contributed by atoms with Gasteiger partial charge in [-0.1, -0.05) is 341 Å². The molecule has 0 spiro atoms. The third kappa shape index (κ3) is 43.7. The van der Waals surface area contributed by atoms with Gasteiger partial charge < -0.3 is 49.7 Å². The number of anilines is 5. The van der Waals surface area contributed by atoms with Crippen LogP contribution in [0, 0.1) is 87.3 Å². The van der Waals surface area contributed by atoms with E-state index in [1.54, 1.807) is 65.8 Å². The van der Waals surface area contributed by atoms with E-state index in [9.17, 15) is 39.4 Å². The molecule has 136 heavy (non-hydrogen) atoms. The summed E-state index contributed by atoms with van der Waals surface area (Å²) in [5.41, 5.74) is 37.9. The molecule has 11 N–H and O–H groups in total. The standard InChI is InChI=1S/2C13H18O.C12H16N2O2.C12H14N2O2.C12H16N2.C12H17N.C12H15N.2C7H9N.2C5H9ClO.C4H9.CH4.Li.H2/c2*1-10-7-5-6-8-11(10)9-12(14)13(2,3)4;2*1-12(2,3)11-6-8-4-5-9(14(15)16)7-10(8)13-11;1-12(2,3)11-6-8-4-5-9(13)7-10(8)14-11;2*1-12(2,3)11-8-9-6-4-5-7-10(9)13-11;2*1-6-4-2-3-5-7(6)8;2*1-5(2,3)4(6)7;1-3-4-2;;;/h2*5-8H,9H2,1-4H3;4-5,7,11,13H,6H2,1-3H3;4-7,13H,1-3H3;4-7,14H,13H2,1-3H3;4-7,11,13H,8H2,1-3H3;4-8,13H,1-3H3;2*2-5H,8H2,1H3;2*1-3H3;1,3-4H2,2H3;1H4;;1H/q;;;;;;;;;;;-1;;+1;/i;;;;;;;;;;;;;;1+1D. The number of nitrogens with zero attached hydrogens (tertiary/aromatic N) is 2. The zero-order valence-electron chi connectivity index (χ0n) is 89.5. The van der Waals surface area contributed by atoms with Crippen molar-refractivity contribution >= 4 is 118 Å². The maximum Gasteiger partial charge on any atom is 1.00 e. The van der Waals surface area contributed by atoms with E-state index >= 15 is 0 Å².